The van der Waals surface area contributed by atoms with E-state index < -0.39 is 10.0 Å². The smallest absolute Gasteiger partial charge is 0.252 e. The fraction of sp³-hybridized carbons (Fsp3) is 0.714. The van der Waals surface area contributed by atoms with Gasteiger partial charge in [-0.25, -0.2) is 8.42 Å². The summed E-state index contributed by atoms with van der Waals surface area (Å²) in [6.07, 6.45) is 1.84. The predicted octanol–water partition coefficient (Wildman–Crippen LogP) is 2.69. The maximum atomic E-state index is 12.5. The average Bonchev–Trinajstić information content (AvgIpc) is 2.87. The molecule has 2 rings (SSSR count). The monoisotopic (exact) mass is 317 g/mol. The van der Waals surface area contributed by atoms with E-state index in [1.54, 1.807) is 15.8 Å². The fourth-order valence-corrected chi connectivity index (χ4v) is 5.48. The van der Waals surface area contributed by atoms with Gasteiger partial charge in [0.1, 0.15) is 4.21 Å². The molecule has 1 aromatic rings. The summed E-state index contributed by atoms with van der Waals surface area (Å²) in [4.78, 5) is 0. The number of thiophene rings is 1. The van der Waals surface area contributed by atoms with Crippen molar-refractivity contribution in [1.82, 2.24) is 4.31 Å². The first-order valence-corrected chi connectivity index (χ1v) is 9.25. The molecule has 0 aliphatic carbocycles. The third-order valence-electron chi connectivity index (χ3n) is 4.09. The number of hydrogen-bond donors (Lipinski definition) is 1. The predicted molar refractivity (Wildman–Crippen MR) is 81.2 cm³/mol. The second-order valence-corrected chi connectivity index (χ2v) is 9.55. The number of aliphatic hydroxyl groups excluding tert-OH is 1. The maximum absolute atomic E-state index is 12.5. The van der Waals surface area contributed by atoms with Crippen molar-refractivity contribution in [3.05, 3.63) is 17.0 Å². The Bertz CT molecular complexity index is 549. The molecule has 0 radical (unpaired) electrons. The van der Waals surface area contributed by atoms with Gasteiger partial charge in [-0.3, -0.25) is 0 Å². The largest absolute Gasteiger partial charge is 0.392 e. The van der Waals surface area contributed by atoms with Gasteiger partial charge in [-0.05, 0) is 41.2 Å². The van der Waals surface area contributed by atoms with Crippen molar-refractivity contribution >= 4 is 21.4 Å². The fourth-order valence-electron chi connectivity index (χ4n) is 2.66. The molecule has 2 heterocycles. The van der Waals surface area contributed by atoms with Crippen LogP contribution >= 0.6 is 11.3 Å². The summed E-state index contributed by atoms with van der Waals surface area (Å²) in [5, 5.41) is 10.8. The van der Waals surface area contributed by atoms with Gasteiger partial charge in [-0.2, -0.15) is 4.31 Å². The lowest BCUT2D eigenvalue weighted by Crippen LogP contribution is -2.41. The summed E-state index contributed by atoms with van der Waals surface area (Å²) < 4.78 is 27.0. The van der Waals surface area contributed by atoms with Crippen LogP contribution < -0.4 is 0 Å². The molecule has 0 atom stereocenters. The van der Waals surface area contributed by atoms with Crippen molar-refractivity contribution in [2.24, 2.45) is 11.3 Å². The molecule has 114 valence electrons. The number of sulfonamides is 1. The molecule has 1 saturated heterocycles. The van der Waals surface area contributed by atoms with Crippen molar-refractivity contribution in [3.8, 4) is 0 Å². The van der Waals surface area contributed by atoms with Gasteiger partial charge in [0.15, 0.2) is 0 Å². The molecule has 4 nitrogen and oxygen atoms in total. The van der Waals surface area contributed by atoms with Crippen molar-refractivity contribution in [2.45, 2.75) is 44.4 Å². The first-order valence-electron chi connectivity index (χ1n) is 6.93. The van der Waals surface area contributed by atoms with Crippen LogP contribution in [0.4, 0.5) is 0 Å². The Hall–Kier alpha value is -0.430. The summed E-state index contributed by atoms with van der Waals surface area (Å²) >= 11 is 1.19. The summed E-state index contributed by atoms with van der Waals surface area (Å²) in [5.74, 6) is 0.574. The normalized spacial score (nSPS) is 19.4. The highest BCUT2D eigenvalue weighted by molar-refractivity contribution is 7.91. The van der Waals surface area contributed by atoms with Crippen molar-refractivity contribution < 1.29 is 13.5 Å². The third-order valence-corrected chi connectivity index (χ3v) is 7.45. The second-order valence-electron chi connectivity index (χ2n) is 6.48. The molecule has 6 heteroatoms. The quantitative estimate of drug-likeness (QED) is 0.932. The van der Waals surface area contributed by atoms with E-state index in [4.69, 9.17) is 5.11 Å². The molecule has 0 unspecified atom stereocenters. The zero-order valence-corrected chi connectivity index (χ0v) is 13.9. The minimum absolute atomic E-state index is 0.113. The first kappa shape index (κ1) is 15.9. The lowest BCUT2D eigenvalue weighted by molar-refractivity contribution is 0.154. The molecule has 1 fully saturated rings. The molecule has 1 aliphatic rings. The van der Waals surface area contributed by atoms with Crippen LogP contribution in [0.15, 0.2) is 15.7 Å². The topological polar surface area (TPSA) is 57.6 Å². The minimum Gasteiger partial charge on any atom is -0.392 e. The average molecular weight is 317 g/mol. The highest BCUT2D eigenvalue weighted by Crippen LogP contribution is 2.36. The minimum atomic E-state index is -3.38. The van der Waals surface area contributed by atoms with Gasteiger partial charge in [-0.1, -0.05) is 20.8 Å². The standard InChI is InChI=1S/C14H23NO3S2/c1-14(2,3)12-4-6-15(7-5-12)20(17,18)13-8-11(9-16)10-19-13/h8,10,12,16H,4-7,9H2,1-3H3. The molecule has 1 aliphatic heterocycles. The third kappa shape index (κ3) is 3.24. The van der Waals surface area contributed by atoms with Crippen LogP contribution in [-0.4, -0.2) is 30.9 Å². The van der Waals surface area contributed by atoms with E-state index in [2.05, 4.69) is 20.8 Å². The number of nitrogens with zero attached hydrogens (tertiary/aromatic N) is 1. The van der Waals surface area contributed by atoms with Crippen molar-refractivity contribution in [3.63, 3.8) is 0 Å². The highest BCUT2D eigenvalue weighted by atomic mass is 32.2. The molecule has 1 N–H and O–H groups in total. The Balaban J connectivity index is 2.09. The van der Waals surface area contributed by atoms with Crippen molar-refractivity contribution in [1.29, 1.82) is 0 Å². The molecule has 0 aromatic carbocycles. The molecule has 20 heavy (non-hydrogen) atoms. The molecule has 0 saturated carbocycles. The summed E-state index contributed by atoms with van der Waals surface area (Å²) in [7, 11) is -3.38. The number of piperidine rings is 1. The highest BCUT2D eigenvalue weighted by Gasteiger charge is 2.34. The molecule has 0 bridgehead atoms. The van der Waals surface area contributed by atoms with Gasteiger partial charge >= 0.3 is 0 Å². The van der Waals surface area contributed by atoms with Crippen LogP contribution in [0, 0.1) is 11.3 Å². The zero-order chi connectivity index (χ0) is 15.0. The van der Waals surface area contributed by atoms with Crippen molar-refractivity contribution in [2.75, 3.05) is 13.1 Å². The number of rotatable bonds is 3. The van der Waals surface area contributed by atoms with Gasteiger partial charge in [-0.15, -0.1) is 11.3 Å². The van der Waals surface area contributed by atoms with E-state index in [0.29, 0.717) is 28.8 Å². The van der Waals surface area contributed by atoms with Crippen LogP contribution in [0.5, 0.6) is 0 Å². The van der Waals surface area contributed by atoms with Crippen LogP contribution in [0.3, 0.4) is 0 Å². The van der Waals surface area contributed by atoms with Crippen LogP contribution in [0.2, 0.25) is 0 Å². The van der Waals surface area contributed by atoms with E-state index in [1.165, 1.54) is 11.3 Å². The molecular weight excluding hydrogens is 294 g/mol. The summed E-state index contributed by atoms with van der Waals surface area (Å²) in [5.41, 5.74) is 0.904. The Morgan fingerprint density at radius 3 is 2.40 bits per heavy atom. The Morgan fingerprint density at radius 2 is 1.95 bits per heavy atom. The van der Waals surface area contributed by atoms with Gasteiger partial charge in [0.25, 0.3) is 10.0 Å². The molecule has 0 amide bonds. The Morgan fingerprint density at radius 1 is 1.35 bits per heavy atom. The molecule has 0 spiro atoms. The van der Waals surface area contributed by atoms with E-state index in [9.17, 15) is 8.42 Å². The molecule has 1 aromatic heterocycles. The van der Waals surface area contributed by atoms with Gasteiger partial charge < -0.3 is 5.11 Å². The van der Waals surface area contributed by atoms with E-state index in [-0.39, 0.29) is 12.0 Å². The Kier molecular flexibility index (Phi) is 4.59. The SMILES string of the molecule is CC(C)(C)C1CCN(S(=O)(=O)c2cc(CO)cs2)CC1. The summed E-state index contributed by atoms with van der Waals surface area (Å²) in [6, 6.07) is 1.58. The van der Waals surface area contributed by atoms with E-state index >= 15 is 0 Å². The van der Waals surface area contributed by atoms with Gasteiger partial charge in [0.05, 0.1) is 6.61 Å². The second kappa shape index (κ2) is 5.75. The lowest BCUT2D eigenvalue weighted by atomic mass is 9.76. The molecular formula is C14H23NO3S2. The van der Waals surface area contributed by atoms with E-state index in [0.717, 1.165) is 12.8 Å². The van der Waals surface area contributed by atoms with Crippen LogP contribution in [-0.2, 0) is 16.6 Å². The summed E-state index contributed by atoms with van der Waals surface area (Å²) in [6.45, 7) is 7.73. The number of aliphatic hydroxyl groups is 1. The van der Waals surface area contributed by atoms with Gasteiger partial charge in [0, 0.05) is 13.1 Å². The van der Waals surface area contributed by atoms with Gasteiger partial charge in [0.2, 0.25) is 0 Å². The number of hydrogen-bond acceptors (Lipinski definition) is 4. The Labute approximate surface area is 125 Å². The van der Waals surface area contributed by atoms with Crippen LogP contribution in [0.25, 0.3) is 0 Å². The van der Waals surface area contributed by atoms with E-state index in [1.807, 2.05) is 0 Å². The maximum Gasteiger partial charge on any atom is 0.252 e. The van der Waals surface area contributed by atoms with Crippen LogP contribution in [0.1, 0.15) is 39.2 Å². The zero-order valence-electron chi connectivity index (χ0n) is 12.3. The first-order chi connectivity index (χ1) is 9.25. The lowest BCUT2D eigenvalue weighted by Gasteiger charge is -2.38.